The molecule has 0 N–H and O–H groups in total. The van der Waals surface area contributed by atoms with Crippen molar-refractivity contribution in [3.05, 3.63) is 23.8 Å². The van der Waals surface area contributed by atoms with E-state index in [9.17, 15) is 0 Å². The van der Waals surface area contributed by atoms with Gasteiger partial charge in [-0.3, -0.25) is 0 Å². The van der Waals surface area contributed by atoms with Gasteiger partial charge in [-0.2, -0.15) is 0 Å². The molecule has 1 aromatic rings. The number of hydrogen-bond donors (Lipinski definition) is 0. The van der Waals surface area contributed by atoms with Crippen molar-refractivity contribution in [1.82, 2.24) is 0 Å². The van der Waals surface area contributed by atoms with Crippen LogP contribution in [0.3, 0.4) is 0 Å². The van der Waals surface area contributed by atoms with Gasteiger partial charge in [0.15, 0.2) is 0 Å². The second-order valence-electron chi connectivity index (χ2n) is 6.31. The van der Waals surface area contributed by atoms with E-state index in [1.165, 1.54) is 19.3 Å². The third-order valence-corrected chi connectivity index (χ3v) is 6.07. The lowest BCUT2D eigenvalue weighted by Crippen LogP contribution is -2.41. The molecular weight excluding hydrogens is 320 g/mol. The summed E-state index contributed by atoms with van der Waals surface area (Å²) in [5.74, 6) is 0.424. The number of ether oxygens (including phenoxy) is 2. The summed E-state index contributed by atoms with van der Waals surface area (Å²) in [6.45, 7) is 10.2. The fourth-order valence-electron chi connectivity index (χ4n) is 2.88. The van der Waals surface area contributed by atoms with E-state index in [0.29, 0.717) is 19.8 Å². The number of unbranched alkanes of at least 4 members (excludes halogenated alkanes) is 3. The van der Waals surface area contributed by atoms with Gasteiger partial charge in [0, 0.05) is 32.1 Å². The van der Waals surface area contributed by atoms with Gasteiger partial charge in [0.2, 0.25) is 5.79 Å². The molecule has 0 aliphatic carbocycles. The Bertz CT molecular complexity index is 502. The maximum Gasteiger partial charge on any atom is 0.423 e. The van der Waals surface area contributed by atoms with Crippen molar-refractivity contribution < 1.29 is 18.3 Å². The first kappa shape index (κ1) is 19.4. The van der Waals surface area contributed by atoms with E-state index in [0.717, 1.165) is 29.3 Å². The van der Waals surface area contributed by atoms with Crippen molar-refractivity contribution in [3.63, 3.8) is 0 Å². The molecule has 1 aliphatic heterocycles. The van der Waals surface area contributed by atoms with Crippen LogP contribution in [0.25, 0.3) is 0 Å². The van der Waals surface area contributed by atoms with Gasteiger partial charge in [-0.25, -0.2) is 0 Å². The van der Waals surface area contributed by atoms with Crippen LogP contribution in [0, 0.1) is 0 Å². The zero-order chi connectivity index (χ0) is 17.4. The Labute approximate surface area is 148 Å². The summed E-state index contributed by atoms with van der Waals surface area (Å²) in [5.41, 5.74) is 1.08. The molecule has 4 nitrogen and oxygen atoms in total. The van der Waals surface area contributed by atoms with Crippen LogP contribution in [0.5, 0.6) is 5.75 Å². The van der Waals surface area contributed by atoms with Gasteiger partial charge in [-0.15, -0.1) is 0 Å². The first-order chi connectivity index (χ1) is 11.6. The zero-order valence-electron chi connectivity index (χ0n) is 15.5. The number of benzene rings is 1. The van der Waals surface area contributed by atoms with Gasteiger partial charge >= 0.3 is 9.28 Å². The van der Waals surface area contributed by atoms with E-state index >= 15 is 0 Å². The van der Waals surface area contributed by atoms with E-state index < -0.39 is 15.1 Å². The largest absolute Gasteiger partial charge is 0.462 e. The molecule has 1 aliphatic rings. The van der Waals surface area contributed by atoms with Gasteiger partial charge in [0.05, 0.1) is 6.61 Å². The topological polar surface area (TPSA) is 36.9 Å². The summed E-state index contributed by atoms with van der Waals surface area (Å²) in [6.07, 6.45) is 5.82. The van der Waals surface area contributed by atoms with E-state index in [1.54, 1.807) is 0 Å². The number of fused-ring (bicyclic) bond motifs is 1. The smallest absolute Gasteiger partial charge is 0.423 e. The van der Waals surface area contributed by atoms with Crippen molar-refractivity contribution >= 4 is 14.5 Å². The molecule has 0 spiro atoms. The highest BCUT2D eigenvalue weighted by atomic mass is 28.3. The van der Waals surface area contributed by atoms with Crippen LogP contribution in [0.15, 0.2) is 18.2 Å². The Morgan fingerprint density at radius 2 is 1.83 bits per heavy atom. The molecule has 1 heterocycles. The molecule has 1 aromatic carbocycles. The van der Waals surface area contributed by atoms with Crippen LogP contribution < -0.4 is 9.92 Å². The molecule has 1 atom stereocenters. The maximum atomic E-state index is 6.16. The molecule has 0 aromatic heterocycles. The molecule has 1 radical (unpaired) electrons. The highest BCUT2D eigenvalue weighted by Gasteiger charge is 2.33. The summed E-state index contributed by atoms with van der Waals surface area (Å²) in [5, 5.41) is 1.11. The Kier molecular flexibility index (Phi) is 7.75. The Morgan fingerprint density at radius 1 is 1.08 bits per heavy atom. The van der Waals surface area contributed by atoms with Crippen molar-refractivity contribution in [2.45, 2.75) is 72.2 Å². The minimum absolute atomic E-state index is 0.504. The Morgan fingerprint density at radius 3 is 2.50 bits per heavy atom. The third kappa shape index (κ3) is 5.31. The van der Waals surface area contributed by atoms with E-state index in [1.807, 2.05) is 26.8 Å². The van der Waals surface area contributed by atoms with Crippen LogP contribution in [0.1, 0.15) is 65.4 Å². The highest BCUT2D eigenvalue weighted by molar-refractivity contribution is 6.61. The van der Waals surface area contributed by atoms with Gasteiger partial charge < -0.3 is 18.3 Å². The van der Waals surface area contributed by atoms with E-state index in [-0.39, 0.29) is 0 Å². The van der Waals surface area contributed by atoms with Crippen LogP contribution in [0.2, 0.25) is 0 Å². The molecule has 0 saturated carbocycles. The zero-order valence-corrected chi connectivity index (χ0v) is 16.5. The lowest BCUT2D eigenvalue weighted by atomic mass is 10.1. The van der Waals surface area contributed by atoms with Gasteiger partial charge in [-0.05, 0) is 37.6 Å². The second kappa shape index (κ2) is 9.56. The van der Waals surface area contributed by atoms with Gasteiger partial charge in [0.25, 0.3) is 0 Å². The predicted molar refractivity (Wildman–Crippen MR) is 97.7 cm³/mol. The summed E-state index contributed by atoms with van der Waals surface area (Å²) >= 11 is 0. The highest BCUT2D eigenvalue weighted by Crippen LogP contribution is 2.33. The Balaban J connectivity index is 2.02. The molecule has 0 bridgehead atoms. The Hall–Kier alpha value is -0.883. The molecule has 5 heteroatoms. The second-order valence-corrected chi connectivity index (χ2v) is 8.04. The summed E-state index contributed by atoms with van der Waals surface area (Å²) < 4.78 is 23.7. The van der Waals surface area contributed by atoms with Gasteiger partial charge in [-0.1, -0.05) is 32.3 Å². The fourth-order valence-corrected chi connectivity index (χ4v) is 4.33. The standard InChI is InChI=1S/C19H31O4Si/c1-5-8-9-10-13-19(4)20-15-16-14-17(11-12-18(16)23-19)24(21-6-2)22-7-3/h11-12,14H,5-10,13,15H2,1-4H3. The number of hydrogen-bond acceptors (Lipinski definition) is 4. The monoisotopic (exact) mass is 351 g/mol. The van der Waals surface area contributed by atoms with Crippen LogP contribution in [-0.4, -0.2) is 28.3 Å². The molecule has 24 heavy (non-hydrogen) atoms. The lowest BCUT2D eigenvalue weighted by molar-refractivity contribution is -0.198. The predicted octanol–water partition coefficient (Wildman–Crippen LogP) is 4.05. The minimum Gasteiger partial charge on any atom is -0.462 e. The molecule has 135 valence electrons. The number of rotatable bonds is 10. The first-order valence-corrected chi connectivity index (χ1v) is 10.5. The van der Waals surface area contributed by atoms with E-state index in [4.69, 9.17) is 18.3 Å². The lowest BCUT2D eigenvalue weighted by Gasteiger charge is -2.36. The fraction of sp³-hybridized carbons (Fsp3) is 0.684. The molecule has 0 saturated heterocycles. The molecule has 1 unspecified atom stereocenters. The van der Waals surface area contributed by atoms with Crippen LogP contribution in [0.4, 0.5) is 0 Å². The maximum absolute atomic E-state index is 6.16. The average Bonchev–Trinajstić information content (AvgIpc) is 2.58. The summed E-state index contributed by atoms with van der Waals surface area (Å²) in [7, 11) is -1.42. The SMILES string of the molecule is CCCCCCC1(C)OCc2cc([Si](OCC)OCC)ccc2O1. The van der Waals surface area contributed by atoms with Crippen molar-refractivity contribution in [2.24, 2.45) is 0 Å². The third-order valence-electron chi connectivity index (χ3n) is 4.19. The van der Waals surface area contributed by atoms with Crippen LogP contribution in [-0.2, 0) is 20.2 Å². The minimum atomic E-state index is -1.42. The van der Waals surface area contributed by atoms with Crippen molar-refractivity contribution in [3.8, 4) is 5.75 Å². The van der Waals surface area contributed by atoms with Crippen LogP contribution >= 0.6 is 0 Å². The molecule has 2 rings (SSSR count). The molecule has 0 amide bonds. The molecule has 0 fully saturated rings. The molecular formula is C19H31O4Si. The first-order valence-electron chi connectivity index (χ1n) is 9.20. The normalized spacial score (nSPS) is 20.0. The van der Waals surface area contributed by atoms with Crippen molar-refractivity contribution in [2.75, 3.05) is 13.2 Å². The summed E-state index contributed by atoms with van der Waals surface area (Å²) in [6, 6.07) is 6.23. The quantitative estimate of drug-likeness (QED) is 0.471. The van der Waals surface area contributed by atoms with Crippen molar-refractivity contribution in [1.29, 1.82) is 0 Å². The summed E-state index contributed by atoms with van der Waals surface area (Å²) in [4.78, 5) is 0. The van der Waals surface area contributed by atoms with Gasteiger partial charge in [0.1, 0.15) is 5.75 Å². The van der Waals surface area contributed by atoms with E-state index in [2.05, 4.69) is 19.1 Å². The average molecular weight is 352 g/mol.